The normalized spacial score (nSPS) is 30.7. The number of aryl methyl sites for hydroxylation is 1. The predicted molar refractivity (Wildman–Crippen MR) is 129 cm³/mol. The monoisotopic (exact) mass is 444 g/mol. The van der Waals surface area contributed by atoms with Crippen molar-refractivity contribution in [2.45, 2.75) is 84.2 Å². The summed E-state index contributed by atoms with van der Waals surface area (Å²) < 4.78 is 18.7. The van der Waals surface area contributed by atoms with E-state index in [0.717, 1.165) is 23.8 Å². The first-order valence-corrected chi connectivity index (χ1v) is 18.5. The summed E-state index contributed by atoms with van der Waals surface area (Å²) in [5.74, 6) is 5.26. The van der Waals surface area contributed by atoms with Gasteiger partial charge in [-0.3, -0.25) is 0 Å². The third-order valence-electron chi connectivity index (χ3n) is 7.35. The van der Waals surface area contributed by atoms with Gasteiger partial charge >= 0.3 is 0 Å². The van der Waals surface area contributed by atoms with Crippen LogP contribution in [0.4, 0.5) is 0 Å². The Balaban J connectivity index is 1.62. The highest BCUT2D eigenvalue weighted by Crippen LogP contribution is 2.62. The smallest absolute Gasteiger partial charge is 0.242 e. The number of rotatable bonds is 5. The van der Waals surface area contributed by atoms with Gasteiger partial charge in [-0.05, 0) is 118 Å². The molecule has 0 N–H and O–H groups in total. The maximum absolute atomic E-state index is 6.59. The van der Waals surface area contributed by atoms with Gasteiger partial charge in [0.1, 0.15) is 5.75 Å². The first-order chi connectivity index (χ1) is 13.9. The topological polar surface area (TPSA) is 27.7 Å². The van der Waals surface area contributed by atoms with E-state index in [1.807, 2.05) is 0 Å². The fraction of sp³-hybridized carbons (Fsp3) is 0.680. The van der Waals surface area contributed by atoms with Crippen molar-refractivity contribution >= 4 is 16.6 Å². The van der Waals surface area contributed by atoms with Crippen LogP contribution < -0.4 is 9.16 Å². The van der Waals surface area contributed by atoms with Gasteiger partial charge in [-0.15, -0.1) is 0 Å². The molecule has 1 saturated carbocycles. The summed E-state index contributed by atoms with van der Waals surface area (Å²) >= 11 is 0. The first-order valence-electron chi connectivity index (χ1n) is 11.7. The molecule has 0 unspecified atom stereocenters. The van der Waals surface area contributed by atoms with Crippen LogP contribution in [0.2, 0.25) is 39.3 Å². The molecule has 4 rings (SSSR count). The number of allylic oxidation sites excluding steroid dienone is 2. The van der Waals surface area contributed by atoms with E-state index < -0.39 is 16.6 Å². The molecular formula is C25H40O3Si2. The minimum Gasteiger partial charge on any atom is -0.547 e. The zero-order chi connectivity index (χ0) is 21.9. The van der Waals surface area contributed by atoms with E-state index in [9.17, 15) is 0 Å². The molecule has 30 heavy (non-hydrogen) atoms. The van der Waals surface area contributed by atoms with Gasteiger partial charge < -0.3 is 13.6 Å². The maximum atomic E-state index is 6.59. The standard InChI is InChI=1S/C25H40O3Si2/c1-25-14-13-18-19(21(25)11-12-24(25)28-30(6,7)8)10-9-17-15-23(27-29(3,4)5)22(26-2)16-20(17)18/h12,15-16,18-19,21H,9-11,13-14H2,1-8H3/t18-,19+,21-,25-/m0/s1. The van der Waals surface area contributed by atoms with E-state index in [-0.39, 0.29) is 5.41 Å². The minimum atomic E-state index is -1.68. The summed E-state index contributed by atoms with van der Waals surface area (Å²) in [5, 5.41) is 0. The number of hydrogen-bond acceptors (Lipinski definition) is 3. The third-order valence-corrected chi connectivity index (χ3v) is 9.02. The van der Waals surface area contributed by atoms with Crippen LogP contribution in [0.25, 0.3) is 0 Å². The van der Waals surface area contributed by atoms with Crippen molar-refractivity contribution in [3.63, 3.8) is 0 Å². The lowest BCUT2D eigenvalue weighted by molar-refractivity contribution is 0.0505. The van der Waals surface area contributed by atoms with E-state index in [4.69, 9.17) is 13.6 Å². The third kappa shape index (κ3) is 4.00. The predicted octanol–water partition coefficient (Wildman–Crippen LogP) is 7.11. The molecule has 1 aromatic carbocycles. The van der Waals surface area contributed by atoms with Crippen molar-refractivity contribution in [3.8, 4) is 11.5 Å². The van der Waals surface area contributed by atoms with Crippen molar-refractivity contribution in [2.24, 2.45) is 17.3 Å². The lowest BCUT2D eigenvalue weighted by Crippen LogP contribution is -2.43. The molecule has 3 aliphatic rings. The summed E-state index contributed by atoms with van der Waals surface area (Å²) in [7, 11) is -1.48. The Morgan fingerprint density at radius 2 is 1.63 bits per heavy atom. The van der Waals surface area contributed by atoms with Crippen LogP contribution in [0.3, 0.4) is 0 Å². The molecule has 0 spiro atoms. The van der Waals surface area contributed by atoms with Crippen LogP contribution in [0.5, 0.6) is 11.5 Å². The van der Waals surface area contributed by atoms with Gasteiger partial charge in [0.2, 0.25) is 16.6 Å². The fourth-order valence-corrected chi connectivity index (χ4v) is 7.96. The number of methoxy groups -OCH3 is 1. The second-order valence-electron chi connectivity index (χ2n) is 11.8. The average Bonchev–Trinajstić information content (AvgIpc) is 2.94. The highest BCUT2D eigenvalue weighted by atomic mass is 28.4. The summed E-state index contributed by atoms with van der Waals surface area (Å²) in [6.45, 7) is 16.1. The van der Waals surface area contributed by atoms with Crippen LogP contribution in [0.1, 0.15) is 49.7 Å². The highest BCUT2D eigenvalue weighted by Gasteiger charge is 2.53. The lowest BCUT2D eigenvalue weighted by atomic mass is 9.55. The molecule has 0 saturated heterocycles. The van der Waals surface area contributed by atoms with Crippen molar-refractivity contribution in [2.75, 3.05) is 7.11 Å². The fourth-order valence-electron chi connectivity index (χ4n) is 6.16. The molecule has 4 atom stereocenters. The average molecular weight is 445 g/mol. The largest absolute Gasteiger partial charge is 0.547 e. The molecule has 0 aliphatic heterocycles. The summed E-state index contributed by atoms with van der Waals surface area (Å²) in [4.78, 5) is 0. The molecule has 0 bridgehead atoms. The van der Waals surface area contributed by atoms with Gasteiger partial charge in [-0.1, -0.05) is 6.92 Å². The van der Waals surface area contributed by atoms with Crippen molar-refractivity contribution in [1.29, 1.82) is 0 Å². The van der Waals surface area contributed by atoms with Gasteiger partial charge in [-0.2, -0.15) is 0 Å². The van der Waals surface area contributed by atoms with Gasteiger partial charge in [0.15, 0.2) is 5.75 Å². The van der Waals surface area contributed by atoms with Crippen LogP contribution >= 0.6 is 0 Å². The van der Waals surface area contributed by atoms with Crippen molar-refractivity contribution in [1.82, 2.24) is 0 Å². The summed E-state index contributed by atoms with van der Waals surface area (Å²) in [5.41, 5.74) is 3.23. The Kier molecular flexibility index (Phi) is 5.46. The zero-order valence-corrected chi connectivity index (χ0v) is 22.2. The Hall–Kier alpha value is -1.21. The molecule has 1 aromatic rings. The SMILES string of the molecule is COc1cc2c(cc1O[Si](C)(C)C)CC[C@@H]1[C@@H]2CC[C@]2(C)C(O[Si](C)(C)C)=CC[C@@H]12. The van der Waals surface area contributed by atoms with Crippen LogP contribution in [-0.4, -0.2) is 23.7 Å². The molecule has 0 heterocycles. The molecule has 1 fully saturated rings. The second-order valence-corrected chi connectivity index (χ2v) is 20.7. The summed E-state index contributed by atoms with van der Waals surface area (Å²) in [6, 6.07) is 4.61. The molecule has 166 valence electrons. The van der Waals surface area contributed by atoms with Gasteiger partial charge in [-0.25, -0.2) is 0 Å². The Morgan fingerprint density at radius 3 is 2.27 bits per heavy atom. The van der Waals surface area contributed by atoms with Gasteiger partial charge in [0.25, 0.3) is 0 Å². The Morgan fingerprint density at radius 1 is 0.933 bits per heavy atom. The number of ether oxygens (including phenoxy) is 1. The van der Waals surface area contributed by atoms with Crippen LogP contribution in [0.15, 0.2) is 24.0 Å². The molecule has 3 nitrogen and oxygen atoms in total. The van der Waals surface area contributed by atoms with Gasteiger partial charge in [0.05, 0.1) is 12.9 Å². The maximum Gasteiger partial charge on any atom is 0.242 e. The van der Waals surface area contributed by atoms with Crippen molar-refractivity contribution < 1.29 is 13.6 Å². The second kappa shape index (κ2) is 7.44. The Bertz CT molecular complexity index is 849. The summed E-state index contributed by atoms with van der Waals surface area (Å²) in [6.07, 6.45) is 8.52. The number of fused-ring (bicyclic) bond motifs is 5. The lowest BCUT2D eigenvalue weighted by Gasteiger charge is -2.50. The minimum absolute atomic E-state index is 0.226. The van der Waals surface area contributed by atoms with E-state index in [0.29, 0.717) is 11.8 Å². The van der Waals surface area contributed by atoms with E-state index >= 15 is 0 Å². The molecule has 0 aromatic heterocycles. The first kappa shape index (κ1) is 22.0. The van der Waals surface area contributed by atoms with E-state index in [1.54, 1.807) is 7.11 Å². The van der Waals surface area contributed by atoms with Crippen molar-refractivity contribution in [3.05, 3.63) is 35.1 Å². The Labute approximate surface area is 185 Å². The molecule has 3 aliphatic carbocycles. The van der Waals surface area contributed by atoms with E-state index in [1.165, 1.54) is 42.6 Å². The van der Waals surface area contributed by atoms with Crippen LogP contribution in [-0.2, 0) is 10.8 Å². The highest BCUT2D eigenvalue weighted by molar-refractivity contribution is 6.70. The number of benzene rings is 1. The van der Waals surface area contributed by atoms with E-state index in [2.05, 4.69) is 64.4 Å². The molecule has 0 radical (unpaired) electrons. The number of hydrogen-bond donors (Lipinski definition) is 0. The van der Waals surface area contributed by atoms with Crippen LogP contribution in [0, 0.1) is 17.3 Å². The zero-order valence-electron chi connectivity index (χ0n) is 20.2. The van der Waals surface area contributed by atoms with Gasteiger partial charge in [0, 0.05) is 5.41 Å². The molecular weight excluding hydrogens is 404 g/mol. The molecule has 0 amide bonds. The quantitative estimate of drug-likeness (QED) is 0.453. The molecule has 5 heteroatoms.